The lowest BCUT2D eigenvalue weighted by molar-refractivity contribution is 0.491. The Morgan fingerprint density at radius 3 is 2.50 bits per heavy atom. The fourth-order valence-electron chi connectivity index (χ4n) is 2.69. The third-order valence-electron chi connectivity index (χ3n) is 3.79. The fourth-order valence-corrected chi connectivity index (χ4v) is 4.99. The number of nitrogens with zero attached hydrogens (tertiary/aromatic N) is 2. The van der Waals surface area contributed by atoms with Gasteiger partial charge in [0, 0.05) is 30.4 Å². The second-order valence-corrected chi connectivity index (χ2v) is 10.4. The molecule has 0 fully saturated rings. The molecule has 0 aliphatic carbocycles. The zero-order valence-corrected chi connectivity index (χ0v) is 22.1. The Labute approximate surface area is 201 Å². The molecular formula is C20H32IN5O2S2. The van der Waals surface area contributed by atoms with Crippen molar-refractivity contribution in [3.8, 4) is 0 Å². The van der Waals surface area contributed by atoms with Gasteiger partial charge in [0.2, 0.25) is 10.0 Å². The van der Waals surface area contributed by atoms with Crippen molar-refractivity contribution in [2.75, 3.05) is 13.1 Å². The molecule has 0 bridgehead atoms. The van der Waals surface area contributed by atoms with E-state index in [1.54, 1.807) is 29.5 Å². The van der Waals surface area contributed by atoms with Crippen LogP contribution in [0, 0.1) is 6.92 Å². The molecular weight excluding hydrogens is 533 g/mol. The molecule has 168 valence electrons. The number of thiazole rings is 1. The average Bonchev–Trinajstić information content (AvgIpc) is 3.03. The van der Waals surface area contributed by atoms with Crippen LogP contribution >= 0.6 is 35.3 Å². The summed E-state index contributed by atoms with van der Waals surface area (Å²) >= 11 is 1.64. The summed E-state index contributed by atoms with van der Waals surface area (Å²) in [5.74, 6) is 0.649. The van der Waals surface area contributed by atoms with Crippen molar-refractivity contribution < 1.29 is 8.42 Å². The number of halogens is 1. The zero-order valence-electron chi connectivity index (χ0n) is 18.2. The molecule has 1 aromatic heterocycles. The Kier molecular flexibility index (Phi) is 10.7. The van der Waals surface area contributed by atoms with Gasteiger partial charge in [-0.25, -0.2) is 23.1 Å². The summed E-state index contributed by atoms with van der Waals surface area (Å²) in [6.45, 7) is 11.1. The van der Waals surface area contributed by atoms with Gasteiger partial charge in [-0.1, -0.05) is 18.2 Å². The largest absolute Gasteiger partial charge is 0.357 e. The van der Waals surface area contributed by atoms with Gasteiger partial charge in [-0.05, 0) is 46.2 Å². The Hall–Kier alpha value is -1.24. The molecule has 2 rings (SSSR count). The summed E-state index contributed by atoms with van der Waals surface area (Å²) in [4.78, 5) is 9.29. The monoisotopic (exact) mass is 565 g/mol. The number of benzene rings is 1. The van der Waals surface area contributed by atoms with Crippen molar-refractivity contribution in [3.05, 3.63) is 45.9 Å². The van der Waals surface area contributed by atoms with Crippen LogP contribution in [0.4, 0.5) is 0 Å². The highest BCUT2D eigenvalue weighted by molar-refractivity contribution is 14.0. The highest BCUT2D eigenvalue weighted by Gasteiger charge is 2.24. The van der Waals surface area contributed by atoms with Crippen LogP contribution in [0.5, 0.6) is 0 Å². The van der Waals surface area contributed by atoms with Crippen LogP contribution in [0.1, 0.15) is 44.0 Å². The first kappa shape index (κ1) is 26.8. The van der Waals surface area contributed by atoms with Crippen LogP contribution < -0.4 is 15.4 Å². The van der Waals surface area contributed by atoms with Gasteiger partial charge in [0.15, 0.2) is 5.96 Å². The van der Waals surface area contributed by atoms with Crippen molar-refractivity contribution in [2.24, 2.45) is 4.99 Å². The van der Waals surface area contributed by atoms with Crippen molar-refractivity contribution in [2.45, 2.75) is 58.0 Å². The highest BCUT2D eigenvalue weighted by Crippen LogP contribution is 2.18. The molecule has 0 amide bonds. The van der Waals surface area contributed by atoms with Crippen LogP contribution in [0.15, 0.2) is 39.5 Å². The number of guanidine groups is 1. The molecule has 3 N–H and O–H groups in total. The van der Waals surface area contributed by atoms with Gasteiger partial charge in [0.05, 0.1) is 22.1 Å². The number of nitrogens with one attached hydrogen (secondary N) is 3. The van der Waals surface area contributed by atoms with E-state index < -0.39 is 15.6 Å². The van der Waals surface area contributed by atoms with Crippen LogP contribution in [0.2, 0.25) is 0 Å². The first-order valence-electron chi connectivity index (χ1n) is 9.66. The van der Waals surface area contributed by atoms with Crippen LogP contribution in [0.25, 0.3) is 0 Å². The maximum absolute atomic E-state index is 12.8. The molecule has 0 spiro atoms. The minimum atomic E-state index is -3.63. The third kappa shape index (κ3) is 8.86. The molecule has 0 radical (unpaired) electrons. The van der Waals surface area contributed by atoms with Gasteiger partial charge in [0.1, 0.15) is 0 Å². The van der Waals surface area contributed by atoms with Crippen molar-refractivity contribution in [1.29, 1.82) is 0 Å². The SMILES string of the molecule is CCNC(=NCc1ccccc1S(=O)(=O)NC(C)(C)C)NCCc1csc(C)n1.I. The molecule has 0 atom stereocenters. The van der Waals surface area contributed by atoms with E-state index in [9.17, 15) is 8.42 Å². The minimum absolute atomic E-state index is 0. The molecule has 10 heteroatoms. The normalized spacial score (nSPS) is 12.4. The second kappa shape index (κ2) is 12.0. The third-order valence-corrected chi connectivity index (χ3v) is 6.48. The molecule has 7 nitrogen and oxygen atoms in total. The van der Waals surface area contributed by atoms with E-state index in [1.807, 2.05) is 40.7 Å². The van der Waals surface area contributed by atoms with E-state index in [0.29, 0.717) is 24.6 Å². The zero-order chi connectivity index (χ0) is 21.5. The molecule has 1 heterocycles. The standard InChI is InChI=1S/C20H31N5O2S2.HI/c1-6-21-19(22-12-11-17-14-28-15(2)24-17)23-13-16-9-7-8-10-18(16)29(26,27)25-20(3,4)5;/h7-10,14,25H,6,11-13H2,1-5H3,(H2,21,22,23);1H. The van der Waals surface area contributed by atoms with E-state index in [1.165, 1.54) is 0 Å². The van der Waals surface area contributed by atoms with Crippen molar-refractivity contribution in [1.82, 2.24) is 20.3 Å². The highest BCUT2D eigenvalue weighted by atomic mass is 127. The average molecular weight is 566 g/mol. The van der Waals surface area contributed by atoms with Gasteiger partial charge in [0.25, 0.3) is 0 Å². The first-order valence-corrected chi connectivity index (χ1v) is 12.0. The van der Waals surface area contributed by atoms with E-state index in [0.717, 1.165) is 17.1 Å². The van der Waals surface area contributed by atoms with E-state index >= 15 is 0 Å². The predicted octanol–water partition coefficient (Wildman–Crippen LogP) is 3.44. The lowest BCUT2D eigenvalue weighted by atomic mass is 10.1. The molecule has 1 aromatic carbocycles. The first-order chi connectivity index (χ1) is 13.6. The number of sulfonamides is 1. The van der Waals surface area contributed by atoms with E-state index in [-0.39, 0.29) is 35.4 Å². The number of hydrogen-bond acceptors (Lipinski definition) is 5. The summed E-state index contributed by atoms with van der Waals surface area (Å²) in [6, 6.07) is 6.96. The van der Waals surface area contributed by atoms with Crippen LogP contribution in [-0.2, 0) is 23.0 Å². The summed E-state index contributed by atoms with van der Waals surface area (Å²) in [5.41, 5.74) is 1.15. The summed E-state index contributed by atoms with van der Waals surface area (Å²) in [5, 5.41) is 9.60. The Balaban J connectivity index is 0.00000450. The molecule has 0 aliphatic rings. The maximum atomic E-state index is 12.8. The topological polar surface area (TPSA) is 95.5 Å². The molecule has 0 saturated heterocycles. The van der Waals surface area contributed by atoms with Gasteiger partial charge >= 0.3 is 0 Å². The number of aromatic nitrogens is 1. The molecule has 0 unspecified atom stereocenters. The second-order valence-electron chi connectivity index (χ2n) is 7.69. The summed E-state index contributed by atoms with van der Waals surface area (Å²) < 4.78 is 28.3. The summed E-state index contributed by atoms with van der Waals surface area (Å²) in [7, 11) is -3.63. The number of aliphatic imine (C=N–C) groups is 1. The molecule has 0 saturated carbocycles. The van der Waals surface area contributed by atoms with Gasteiger partial charge < -0.3 is 10.6 Å². The maximum Gasteiger partial charge on any atom is 0.241 e. The van der Waals surface area contributed by atoms with E-state index in [4.69, 9.17) is 0 Å². The van der Waals surface area contributed by atoms with Gasteiger partial charge in [-0.3, -0.25) is 0 Å². The number of rotatable bonds is 8. The summed E-state index contributed by atoms with van der Waals surface area (Å²) in [6.07, 6.45) is 0.801. The Morgan fingerprint density at radius 1 is 1.20 bits per heavy atom. The van der Waals surface area contributed by atoms with Crippen LogP contribution in [0.3, 0.4) is 0 Å². The Bertz CT molecular complexity index is 937. The lowest BCUT2D eigenvalue weighted by Crippen LogP contribution is -2.41. The Morgan fingerprint density at radius 2 is 1.90 bits per heavy atom. The van der Waals surface area contributed by atoms with Crippen molar-refractivity contribution in [3.63, 3.8) is 0 Å². The number of hydrogen-bond donors (Lipinski definition) is 3. The van der Waals surface area contributed by atoms with E-state index in [2.05, 4.69) is 30.7 Å². The molecule has 0 aliphatic heterocycles. The lowest BCUT2D eigenvalue weighted by Gasteiger charge is -2.21. The molecule has 2 aromatic rings. The minimum Gasteiger partial charge on any atom is -0.357 e. The molecule has 30 heavy (non-hydrogen) atoms. The smallest absolute Gasteiger partial charge is 0.241 e. The van der Waals surface area contributed by atoms with Gasteiger partial charge in [-0.2, -0.15) is 0 Å². The van der Waals surface area contributed by atoms with Crippen LogP contribution in [-0.4, -0.2) is 38.0 Å². The van der Waals surface area contributed by atoms with Gasteiger partial charge in [-0.15, -0.1) is 35.3 Å². The van der Waals surface area contributed by atoms with Crippen molar-refractivity contribution >= 4 is 51.3 Å². The number of aryl methyl sites for hydroxylation is 1. The quantitative estimate of drug-likeness (QED) is 0.259. The predicted molar refractivity (Wildman–Crippen MR) is 135 cm³/mol. The fraction of sp³-hybridized carbons (Fsp3) is 0.500.